The molecule has 1 aliphatic heterocycles. The molecule has 0 radical (unpaired) electrons. The van der Waals surface area contributed by atoms with Gasteiger partial charge >= 0.3 is 6.03 Å². The number of likely N-dealkylation sites (tertiary alicyclic amines) is 1. The number of hydrogen-bond donors (Lipinski definition) is 3. The van der Waals surface area contributed by atoms with Gasteiger partial charge in [-0.25, -0.2) is 4.79 Å². The summed E-state index contributed by atoms with van der Waals surface area (Å²) in [5.74, 6) is 0. The molecule has 1 heterocycles. The average molecular weight is 345 g/mol. The maximum Gasteiger partial charge on any atom is 0.319 e. The lowest BCUT2D eigenvalue weighted by Crippen LogP contribution is -2.50. The minimum absolute atomic E-state index is 0.131. The molecule has 2 aliphatic rings. The van der Waals surface area contributed by atoms with Crippen molar-refractivity contribution in [2.45, 2.75) is 63.5 Å². The van der Waals surface area contributed by atoms with Crippen LogP contribution < -0.4 is 10.6 Å². The van der Waals surface area contributed by atoms with E-state index in [1.165, 1.54) is 12.0 Å². The number of carbonyl (C=O) groups excluding carboxylic acids is 1. The van der Waals surface area contributed by atoms with Crippen LogP contribution in [-0.2, 0) is 0 Å². The van der Waals surface area contributed by atoms with Gasteiger partial charge < -0.3 is 20.6 Å². The molecule has 0 bridgehead atoms. The van der Waals surface area contributed by atoms with E-state index in [0.29, 0.717) is 0 Å². The summed E-state index contributed by atoms with van der Waals surface area (Å²) in [5.41, 5.74) is 1.51. The fourth-order valence-electron chi connectivity index (χ4n) is 4.01. The highest BCUT2D eigenvalue weighted by atomic mass is 16.3. The molecule has 1 saturated carbocycles. The summed E-state index contributed by atoms with van der Waals surface area (Å²) in [4.78, 5) is 14.5. The van der Waals surface area contributed by atoms with E-state index in [9.17, 15) is 9.90 Å². The molecule has 0 spiro atoms. The van der Waals surface area contributed by atoms with Crippen LogP contribution in [0.4, 0.5) is 10.5 Å². The van der Waals surface area contributed by atoms with E-state index in [4.69, 9.17) is 0 Å². The van der Waals surface area contributed by atoms with Crippen LogP contribution in [0.15, 0.2) is 24.3 Å². The SMILES string of the molecule is Cc1ccc(NC(=O)NC2CCN(CC3(O)CCCCC3)CC2)cc1. The molecule has 2 fully saturated rings. The van der Waals surface area contributed by atoms with E-state index in [2.05, 4.69) is 15.5 Å². The maximum atomic E-state index is 12.1. The molecule has 2 amide bonds. The number of carbonyl (C=O) groups is 1. The first kappa shape index (κ1) is 18.2. The molecule has 138 valence electrons. The van der Waals surface area contributed by atoms with Crippen LogP contribution in [0.1, 0.15) is 50.5 Å². The third-order valence-electron chi connectivity index (χ3n) is 5.53. The summed E-state index contributed by atoms with van der Waals surface area (Å²) in [6, 6.07) is 7.90. The van der Waals surface area contributed by atoms with E-state index in [1.807, 2.05) is 31.2 Å². The van der Waals surface area contributed by atoms with Gasteiger partial charge in [0, 0.05) is 31.4 Å². The zero-order valence-corrected chi connectivity index (χ0v) is 15.3. The van der Waals surface area contributed by atoms with Gasteiger partial charge in [0.1, 0.15) is 0 Å². The monoisotopic (exact) mass is 345 g/mol. The molecule has 0 aromatic heterocycles. The van der Waals surface area contributed by atoms with Gasteiger partial charge in [-0.15, -0.1) is 0 Å². The van der Waals surface area contributed by atoms with Crippen molar-refractivity contribution in [3.8, 4) is 0 Å². The Bertz CT molecular complexity index is 559. The van der Waals surface area contributed by atoms with Gasteiger partial charge in [-0.3, -0.25) is 0 Å². The molecule has 25 heavy (non-hydrogen) atoms. The summed E-state index contributed by atoms with van der Waals surface area (Å²) in [6.07, 6.45) is 7.30. The van der Waals surface area contributed by atoms with Crippen LogP contribution in [-0.4, -0.2) is 47.3 Å². The smallest absolute Gasteiger partial charge is 0.319 e. The highest BCUT2D eigenvalue weighted by Gasteiger charge is 2.32. The number of rotatable bonds is 4. The lowest BCUT2D eigenvalue weighted by molar-refractivity contribution is -0.0310. The van der Waals surface area contributed by atoms with Crippen molar-refractivity contribution in [3.63, 3.8) is 0 Å². The van der Waals surface area contributed by atoms with Crippen LogP contribution in [0, 0.1) is 6.92 Å². The number of aliphatic hydroxyl groups is 1. The first-order chi connectivity index (χ1) is 12.0. The largest absolute Gasteiger partial charge is 0.389 e. The molecular weight excluding hydrogens is 314 g/mol. The van der Waals surface area contributed by atoms with Gasteiger partial charge in [-0.2, -0.15) is 0 Å². The summed E-state index contributed by atoms with van der Waals surface area (Å²) in [6.45, 7) is 4.70. The molecule has 3 N–H and O–H groups in total. The quantitative estimate of drug-likeness (QED) is 0.785. The molecular formula is C20H31N3O2. The van der Waals surface area contributed by atoms with Crippen molar-refractivity contribution in [3.05, 3.63) is 29.8 Å². The summed E-state index contributed by atoms with van der Waals surface area (Å²) in [5, 5.41) is 16.7. The second-order valence-electron chi connectivity index (χ2n) is 7.80. The van der Waals surface area contributed by atoms with Crippen LogP contribution >= 0.6 is 0 Å². The van der Waals surface area contributed by atoms with Crippen LogP contribution in [0.25, 0.3) is 0 Å². The van der Waals surface area contributed by atoms with Gasteiger partial charge in [-0.1, -0.05) is 37.0 Å². The molecule has 1 aliphatic carbocycles. The second-order valence-corrected chi connectivity index (χ2v) is 7.80. The van der Waals surface area contributed by atoms with Crippen molar-refractivity contribution >= 4 is 11.7 Å². The van der Waals surface area contributed by atoms with Crippen LogP contribution in [0.3, 0.4) is 0 Å². The van der Waals surface area contributed by atoms with Crippen molar-refractivity contribution in [2.24, 2.45) is 0 Å². The Balaban J connectivity index is 1.40. The Hall–Kier alpha value is -1.59. The van der Waals surface area contributed by atoms with Crippen molar-refractivity contribution < 1.29 is 9.90 Å². The predicted molar refractivity (Wildman–Crippen MR) is 101 cm³/mol. The van der Waals surface area contributed by atoms with Crippen molar-refractivity contribution in [1.29, 1.82) is 0 Å². The van der Waals surface area contributed by atoms with E-state index >= 15 is 0 Å². The minimum atomic E-state index is -0.485. The molecule has 5 nitrogen and oxygen atoms in total. The fraction of sp³-hybridized carbons (Fsp3) is 0.650. The summed E-state index contributed by atoms with van der Waals surface area (Å²) < 4.78 is 0. The van der Waals surface area contributed by atoms with Gasteiger partial charge in [0.05, 0.1) is 5.60 Å². The average Bonchev–Trinajstić information content (AvgIpc) is 2.59. The minimum Gasteiger partial charge on any atom is -0.389 e. The fourth-order valence-corrected chi connectivity index (χ4v) is 4.01. The Labute approximate surface area is 150 Å². The van der Waals surface area contributed by atoms with E-state index in [-0.39, 0.29) is 12.1 Å². The van der Waals surface area contributed by atoms with Gasteiger partial charge in [0.15, 0.2) is 0 Å². The topological polar surface area (TPSA) is 64.6 Å². The number of piperidine rings is 1. The normalized spacial score (nSPS) is 21.7. The number of anilines is 1. The number of nitrogens with one attached hydrogen (secondary N) is 2. The lowest BCUT2D eigenvalue weighted by Gasteiger charge is -2.40. The zero-order chi connectivity index (χ0) is 17.7. The van der Waals surface area contributed by atoms with Crippen molar-refractivity contribution in [1.82, 2.24) is 10.2 Å². The standard InChI is InChI=1S/C20H31N3O2/c1-16-5-7-17(8-6-16)21-19(24)22-18-9-13-23(14-10-18)15-20(25)11-3-2-4-12-20/h5-8,18,25H,2-4,9-15H2,1H3,(H2,21,22,24). The van der Waals surface area contributed by atoms with Crippen LogP contribution in [0.5, 0.6) is 0 Å². The van der Waals surface area contributed by atoms with E-state index in [1.54, 1.807) is 0 Å². The molecule has 1 aromatic carbocycles. The molecule has 5 heteroatoms. The zero-order valence-electron chi connectivity index (χ0n) is 15.3. The third-order valence-corrected chi connectivity index (χ3v) is 5.53. The number of nitrogens with zero attached hydrogens (tertiary/aromatic N) is 1. The molecule has 3 rings (SSSR count). The van der Waals surface area contributed by atoms with E-state index < -0.39 is 5.60 Å². The maximum absolute atomic E-state index is 12.1. The number of hydrogen-bond acceptors (Lipinski definition) is 3. The highest BCUT2D eigenvalue weighted by molar-refractivity contribution is 5.89. The van der Waals surface area contributed by atoms with Crippen molar-refractivity contribution in [2.75, 3.05) is 25.0 Å². The molecule has 0 atom stereocenters. The number of benzene rings is 1. The number of aryl methyl sites for hydroxylation is 1. The first-order valence-corrected chi connectivity index (χ1v) is 9.61. The predicted octanol–water partition coefficient (Wildman–Crippen LogP) is 3.28. The Morgan fingerprint density at radius 3 is 2.44 bits per heavy atom. The number of β-amino-alcohol motifs (C(OH)–C–C–N with tert-alkyl or cyclic N) is 1. The summed E-state index contributed by atoms with van der Waals surface area (Å²) in [7, 11) is 0. The second kappa shape index (κ2) is 8.19. The Morgan fingerprint density at radius 2 is 1.80 bits per heavy atom. The van der Waals surface area contributed by atoms with Crippen LogP contribution in [0.2, 0.25) is 0 Å². The van der Waals surface area contributed by atoms with Gasteiger partial charge in [0.2, 0.25) is 0 Å². The number of amides is 2. The van der Waals surface area contributed by atoms with Gasteiger partial charge in [0.25, 0.3) is 0 Å². The Morgan fingerprint density at radius 1 is 1.16 bits per heavy atom. The highest BCUT2D eigenvalue weighted by Crippen LogP contribution is 2.29. The van der Waals surface area contributed by atoms with E-state index in [0.717, 1.165) is 63.8 Å². The molecule has 0 unspecified atom stereocenters. The third kappa shape index (κ3) is 5.44. The summed E-state index contributed by atoms with van der Waals surface area (Å²) >= 11 is 0. The molecule has 1 aromatic rings. The Kier molecular flexibility index (Phi) is 5.97. The van der Waals surface area contributed by atoms with Gasteiger partial charge in [-0.05, 0) is 44.7 Å². The number of urea groups is 1. The lowest BCUT2D eigenvalue weighted by atomic mass is 9.84. The first-order valence-electron chi connectivity index (χ1n) is 9.61. The molecule has 1 saturated heterocycles.